The van der Waals surface area contributed by atoms with Gasteiger partial charge in [0.1, 0.15) is 17.3 Å². The fourth-order valence-corrected chi connectivity index (χ4v) is 5.27. The highest BCUT2D eigenvalue weighted by Crippen LogP contribution is 2.37. The number of benzene rings is 2. The highest BCUT2D eigenvalue weighted by molar-refractivity contribution is 7.19. The Balaban J connectivity index is 1.43. The number of carbonyl (C=O) groups excluding carboxylic acids is 1. The molecular weight excluding hydrogens is 470 g/mol. The topological polar surface area (TPSA) is 74.3 Å². The number of aryl methyl sites for hydroxylation is 2. The number of anilines is 1. The van der Waals surface area contributed by atoms with Crippen LogP contribution in [0.5, 0.6) is 5.75 Å². The summed E-state index contributed by atoms with van der Waals surface area (Å²) in [7, 11) is 5.60. The van der Waals surface area contributed by atoms with Crippen molar-refractivity contribution in [2.75, 3.05) is 39.2 Å². The molecule has 188 valence electrons. The van der Waals surface area contributed by atoms with Gasteiger partial charge in [-0.1, -0.05) is 29.5 Å². The zero-order chi connectivity index (χ0) is 25.4. The third kappa shape index (κ3) is 5.09. The van der Waals surface area contributed by atoms with E-state index in [0.717, 1.165) is 44.7 Å². The highest BCUT2D eigenvalue weighted by Gasteiger charge is 2.30. The van der Waals surface area contributed by atoms with Crippen molar-refractivity contribution < 1.29 is 9.53 Å². The van der Waals surface area contributed by atoms with E-state index >= 15 is 0 Å². The number of amides is 1. The predicted octanol–water partition coefficient (Wildman–Crippen LogP) is 5.47. The Kier molecular flexibility index (Phi) is 6.71. The van der Waals surface area contributed by atoms with Crippen molar-refractivity contribution in [3.8, 4) is 16.2 Å². The van der Waals surface area contributed by atoms with Crippen LogP contribution in [-0.2, 0) is 6.42 Å². The second-order valence-corrected chi connectivity index (χ2v) is 10.9. The van der Waals surface area contributed by atoms with Crippen LogP contribution in [0.25, 0.3) is 21.5 Å². The molecule has 1 fully saturated rings. The maximum Gasteiger partial charge on any atom is 0.274 e. The van der Waals surface area contributed by atoms with Crippen molar-refractivity contribution >= 4 is 33.4 Å². The number of thiazole rings is 1. The predicted molar refractivity (Wildman–Crippen MR) is 146 cm³/mol. The van der Waals surface area contributed by atoms with Gasteiger partial charge in [-0.25, -0.2) is 9.97 Å². The molecule has 2 heterocycles. The summed E-state index contributed by atoms with van der Waals surface area (Å²) in [6.45, 7) is 5.56. The number of H-pyrrole nitrogens is 1. The molecule has 2 aromatic heterocycles. The number of nitrogens with zero attached hydrogens (tertiary/aromatic N) is 4. The minimum absolute atomic E-state index is 0.00254. The third-order valence-electron chi connectivity index (χ3n) is 6.79. The molecule has 1 aliphatic rings. The first-order chi connectivity index (χ1) is 17.3. The van der Waals surface area contributed by atoms with Gasteiger partial charge in [-0.2, -0.15) is 0 Å². The highest BCUT2D eigenvalue weighted by atomic mass is 32.1. The lowest BCUT2D eigenvalue weighted by molar-refractivity contribution is 0.0744. The minimum Gasteiger partial charge on any atom is -0.497 e. The van der Waals surface area contributed by atoms with Crippen molar-refractivity contribution in [1.82, 2.24) is 19.9 Å². The maximum atomic E-state index is 14.0. The van der Waals surface area contributed by atoms with Crippen molar-refractivity contribution in [3.63, 3.8) is 0 Å². The summed E-state index contributed by atoms with van der Waals surface area (Å²) < 4.78 is 5.33. The molecule has 0 radical (unpaired) electrons. The van der Waals surface area contributed by atoms with Crippen LogP contribution < -0.4 is 9.64 Å². The number of nitrogens with one attached hydrogen (secondary N) is 1. The van der Waals surface area contributed by atoms with E-state index in [2.05, 4.69) is 37.0 Å². The molecule has 36 heavy (non-hydrogen) atoms. The summed E-state index contributed by atoms with van der Waals surface area (Å²) in [5.74, 6) is 2.24. The Morgan fingerprint density at radius 1 is 1.11 bits per heavy atom. The van der Waals surface area contributed by atoms with E-state index in [4.69, 9.17) is 14.7 Å². The number of hydrogen-bond donors (Lipinski definition) is 1. The molecule has 0 bridgehead atoms. The van der Waals surface area contributed by atoms with Crippen LogP contribution >= 0.6 is 11.3 Å². The molecule has 0 unspecified atom stereocenters. The number of hydrogen-bond acceptors (Lipinski definition) is 6. The molecule has 1 amide bonds. The van der Waals surface area contributed by atoms with Crippen molar-refractivity contribution in [1.29, 1.82) is 0 Å². The van der Waals surface area contributed by atoms with Crippen LogP contribution in [0.2, 0.25) is 0 Å². The minimum atomic E-state index is -0.00254. The number of imidazole rings is 1. The summed E-state index contributed by atoms with van der Waals surface area (Å²) in [6, 6.07) is 12.2. The van der Waals surface area contributed by atoms with Crippen LogP contribution in [0.1, 0.15) is 40.3 Å². The quantitative estimate of drug-likeness (QED) is 0.328. The standard InChI is InChI=1S/C28H33N5O2S/c1-17-6-9-20(14-18(17)2)26-25(31-28(36-26)32(3)4)27(34)33(16-19-7-8-19)13-12-24-29-22-11-10-21(35-5)15-23(22)30-24/h6,9-11,14-15,19H,7-8,12-13,16H2,1-5H3,(H,29,30). The first kappa shape index (κ1) is 24.3. The Hall–Kier alpha value is -3.39. The van der Waals surface area contributed by atoms with Crippen LogP contribution in [0.3, 0.4) is 0 Å². The fourth-order valence-electron chi connectivity index (χ4n) is 4.29. The molecule has 1 aliphatic carbocycles. The summed E-state index contributed by atoms with van der Waals surface area (Å²) in [4.78, 5) is 31.8. The number of rotatable bonds is 9. The Morgan fingerprint density at radius 3 is 2.61 bits per heavy atom. The molecule has 0 atom stereocenters. The van der Waals surface area contributed by atoms with Gasteiger partial charge in [0.15, 0.2) is 5.13 Å². The van der Waals surface area contributed by atoms with Crippen LogP contribution in [0.4, 0.5) is 5.13 Å². The zero-order valence-electron chi connectivity index (χ0n) is 21.6. The second-order valence-electron chi connectivity index (χ2n) is 9.88. The van der Waals surface area contributed by atoms with Gasteiger partial charge in [-0.15, -0.1) is 0 Å². The molecule has 4 aromatic rings. The second kappa shape index (κ2) is 9.93. The Bertz CT molecular complexity index is 1400. The molecule has 0 saturated heterocycles. The number of ether oxygens (including phenoxy) is 1. The van der Waals surface area contributed by atoms with Crippen molar-refractivity contribution in [3.05, 3.63) is 59.0 Å². The van der Waals surface area contributed by atoms with Crippen LogP contribution in [-0.4, -0.2) is 60.1 Å². The fraction of sp³-hybridized carbons (Fsp3) is 0.393. The number of aromatic nitrogens is 3. The lowest BCUT2D eigenvalue weighted by atomic mass is 10.0. The van der Waals surface area contributed by atoms with Gasteiger partial charge >= 0.3 is 0 Å². The van der Waals surface area contributed by atoms with E-state index in [-0.39, 0.29) is 5.91 Å². The van der Waals surface area contributed by atoms with E-state index in [9.17, 15) is 4.79 Å². The van der Waals surface area contributed by atoms with E-state index < -0.39 is 0 Å². The summed E-state index contributed by atoms with van der Waals surface area (Å²) >= 11 is 1.57. The van der Waals surface area contributed by atoms with Gasteiger partial charge < -0.3 is 19.5 Å². The van der Waals surface area contributed by atoms with Gasteiger partial charge in [-0.05, 0) is 61.4 Å². The summed E-state index contributed by atoms with van der Waals surface area (Å²) in [6.07, 6.45) is 3.01. The number of methoxy groups -OCH3 is 1. The molecule has 2 aromatic carbocycles. The van der Waals surface area contributed by atoms with Gasteiger partial charge in [0.05, 0.1) is 23.0 Å². The van der Waals surface area contributed by atoms with Crippen LogP contribution in [0, 0.1) is 19.8 Å². The van der Waals surface area contributed by atoms with E-state index in [1.165, 1.54) is 24.0 Å². The molecule has 5 rings (SSSR count). The molecule has 1 saturated carbocycles. The zero-order valence-corrected chi connectivity index (χ0v) is 22.4. The monoisotopic (exact) mass is 503 g/mol. The van der Waals surface area contributed by atoms with Gasteiger partial charge in [0, 0.05) is 39.7 Å². The van der Waals surface area contributed by atoms with Crippen molar-refractivity contribution in [2.24, 2.45) is 5.92 Å². The lowest BCUT2D eigenvalue weighted by Crippen LogP contribution is -2.35. The number of carbonyl (C=O) groups is 1. The van der Waals surface area contributed by atoms with Gasteiger partial charge in [-0.3, -0.25) is 4.79 Å². The molecule has 7 nitrogen and oxygen atoms in total. The Morgan fingerprint density at radius 2 is 1.92 bits per heavy atom. The number of aromatic amines is 1. The average molecular weight is 504 g/mol. The van der Waals surface area contributed by atoms with E-state index in [1.807, 2.05) is 42.1 Å². The van der Waals surface area contributed by atoms with Gasteiger partial charge in [0.2, 0.25) is 0 Å². The summed E-state index contributed by atoms with van der Waals surface area (Å²) in [5.41, 5.74) is 5.88. The Labute approximate surface area is 216 Å². The smallest absolute Gasteiger partial charge is 0.274 e. The third-order valence-corrected chi connectivity index (χ3v) is 8.06. The molecular formula is C28H33N5O2S. The van der Waals surface area contributed by atoms with E-state index in [0.29, 0.717) is 24.6 Å². The molecule has 8 heteroatoms. The first-order valence-electron chi connectivity index (χ1n) is 12.4. The number of fused-ring (bicyclic) bond motifs is 1. The molecule has 0 spiro atoms. The van der Waals surface area contributed by atoms with Crippen molar-refractivity contribution in [2.45, 2.75) is 33.1 Å². The largest absolute Gasteiger partial charge is 0.497 e. The van der Waals surface area contributed by atoms with Crippen LogP contribution in [0.15, 0.2) is 36.4 Å². The van der Waals surface area contributed by atoms with E-state index in [1.54, 1.807) is 18.4 Å². The first-order valence-corrected chi connectivity index (χ1v) is 13.2. The normalized spacial score (nSPS) is 13.2. The lowest BCUT2D eigenvalue weighted by Gasteiger charge is -2.22. The summed E-state index contributed by atoms with van der Waals surface area (Å²) in [5, 5.41) is 0.837. The maximum absolute atomic E-state index is 14.0. The molecule has 0 aliphatic heterocycles. The molecule has 1 N–H and O–H groups in total. The van der Waals surface area contributed by atoms with Gasteiger partial charge in [0.25, 0.3) is 5.91 Å². The SMILES string of the molecule is COc1ccc2nc(CCN(CC3CC3)C(=O)c3nc(N(C)C)sc3-c3ccc(C)c(C)c3)[nH]c2c1. The average Bonchev–Trinajstić information content (AvgIpc) is 3.41.